The zero-order chi connectivity index (χ0) is 30.4. The first-order chi connectivity index (χ1) is 20.7. The standard InChI is InChI=1S/C34H40N4O5/c1-34(2,3)43-32(40)35-18-7-8-24-11-13-26(14-12-24)31(25-9-5-4-6-10-25)27-15-19-37(20-16-27)33(41)38-21-17-29-28(22-38)36-30(39)23-42-29/h4-6,9-14,28-29H,15-23H2,1-3H3,(H,35,40)(H,36,39)/t28-,29+/m1/s1. The van der Waals surface area contributed by atoms with E-state index in [-0.39, 0.29) is 37.2 Å². The van der Waals surface area contributed by atoms with Gasteiger partial charge in [-0.2, -0.15) is 0 Å². The minimum Gasteiger partial charge on any atom is -0.444 e. The van der Waals surface area contributed by atoms with Gasteiger partial charge in [0.05, 0.1) is 18.7 Å². The fourth-order valence-electron chi connectivity index (χ4n) is 5.77. The lowest BCUT2D eigenvalue weighted by Crippen LogP contribution is -2.62. The smallest absolute Gasteiger partial charge is 0.408 e. The Hall–Kier alpha value is -4.29. The number of alkyl carbamates (subject to hydrolysis) is 1. The quantitative estimate of drug-likeness (QED) is 0.528. The molecule has 5 rings (SSSR count). The van der Waals surface area contributed by atoms with Gasteiger partial charge < -0.3 is 29.9 Å². The van der Waals surface area contributed by atoms with E-state index in [1.54, 1.807) is 0 Å². The molecule has 226 valence electrons. The van der Waals surface area contributed by atoms with Crippen molar-refractivity contribution in [2.24, 2.45) is 0 Å². The predicted octanol–water partition coefficient (Wildman–Crippen LogP) is 4.17. The van der Waals surface area contributed by atoms with Gasteiger partial charge in [0.2, 0.25) is 5.91 Å². The second-order valence-corrected chi connectivity index (χ2v) is 12.1. The van der Waals surface area contributed by atoms with Crippen LogP contribution in [0.15, 0.2) is 60.2 Å². The van der Waals surface area contributed by atoms with Crippen molar-refractivity contribution in [2.45, 2.75) is 57.8 Å². The van der Waals surface area contributed by atoms with E-state index in [1.165, 1.54) is 11.1 Å². The third-order valence-electron chi connectivity index (χ3n) is 7.77. The lowest BCUT2D eigenvalue weighted by atomic mass is 9.88. The summed E-state index contributed by atoms with van der Waals surface area (Å²) in [5, 5.41) is 5.63. The monoisotopic (exact) mass is 584 g/mol. The van der Waals surface area contributed by atoms with Crippen LogP contribution in [0.2, 0.25) is 0 Å². The maximum absolute atomic E-state index is 13.4. The van der Waals surface area contributed by atoms with Crippen molar-refractivity contribution in [1.29, 1.82) is 0 Å². The third-order valence-corrected chi connectivity index (χ3v) is 7.77. The van der Waals surface area contributed by atoms with Crippen molar-refractivity contribution in [1.82, 2.24) is 20.4 Å². The average Bonchev–Trinajstić information content (AvgIpc) is 2.99. The van der Waals surface area contributed by atoms with E-state index in [4.69, 9.17) is 9.47 Å². The number of carbonyl (C=O) groups is 3. The number of amides is 4. The van der Waals surface area contributed by atoms with E-state index >= 15 is 0 Å². The topological polar surface area (TPSA) is 100 Å². The summed E-state index contributed by atoms with van der Waals surface area (Å²) in [5.74, 6) is 5.96. The molecule has 2 atom stereocenters. The molecule has 9 nitrogen and oxygen atoms in total. The average molecular weight is 585 g/mol. The normalized spacial score (nSPS) is 20.3. The lowest BCUT2D eigenvalue weighted by Gasteiger charge is -2.43. The molecule has 4 amide bonds. The van der Waals surface area contributed by atoms with E-state index in [9.17, 15) is 14.4 Å². The van der Waals surface area contributed by atoms with Crippen LogP contribution in [0.3, 0.4) is 0 Å². The number of likely N-dealkylation sites (tertiary alicyclic amines) is 2. The number of urea groups is 1. The Morgan fingerprint density at radius 1 is 1.00 bits per heavy atom. The van der Waals surface area contributed by atoms with Crippen molar-refractivity contribution in [2.75, 3.05) is 39.3 Å². The van der Waals surface area contributed by atoms with Gasteiger partial charge in [0.1, 0.15) is 12.2 Å². The maximum atomic E-state index is 13.4. The number of fused-ring (bicyclic) bond motifs is 1. The number of benzene rings is 2. The highest BCUT2D eigenvalue weighted by Gasteiger charge is 2.37. The fourth-order valence-corrected chi connectivity index (χ4v) is 5.77. The molecule has 0 aromatic heterocycles. The predicted molar refractivity (Wildman–Crippen MR) is 164 cm³/mol. The minimum absolute atomic E-state index is 0.0163. The summed E-state index contributed by atoms with van der Waals surface area (Å²) in [6, 6.07) is 18.4. The first-order valence-electron chi connectivity index (χ1n) is 14.9. The van der Waals surface area contributed by atoms with Crippen LogP contribution in [0.25, 0.3) is 5.57 Å². The first kappa shape index (κ1) is 30.2. The second-order valence-electron chi connectivity index (χ2n) is 12.1. The number of hydrogen-bond donors (Lipinski definition) is 2. The molecular weight excluding hydrogens is 544 g/mol. The van der Waals surface area contributed by atoms with Crippen LogP contribution < -0.4 is 10.6 Å². The summed E-state index contributed by atoms with van der Waals surface area (Å²) in [5.41, 5.74) is 5.08. The van der Waals surface area contributed by atoms with E-state index in [1.807, 2.05) is 60.9 Å². The van der Waals surface area contributed by atoms with E-state index in [2.05, 4.69) is 46.7 Å². The van der Waals surface area contributed by atoms with Crippen LogP contribution in [0.4, 0.5) is 9.59 Å². The van der Waals surface area contributed by atoms with Gasteiger partial charge in [-0.1, -0.05) is 59.9 Å². The van der Waals surface area contributed by atoms with Crippen LogP contribution in [0.5, 0.6) is 0 Å². The molecule has 3 heterocycles. The van der Waals surface area contributed by atoms with Crippen LogP contribution in [-0.4, -0.2) is 84.9 Å². The molecule has 2 aromatic rings. The maximum Gasteiger partial charge on any atom is 0.408 e. The van der Waals surface area contributed by atoms with Crippen LogP contribution in [0, 0.1) is 11.8 Å². The SMILES string of the molecule is CC(C)(C)OC(=O)NCC#Cc1ccc(C(=C2CCN(C(=O)N3CC[C@@H]4OCC(=O)N[C@@H]4C3)CC2)c2ccccc2)cc1. The Kier molecular flexibility index (Phi) is 9.37. The van der Waals surface area contributed by atoms with Gasteiger partial charge in [-0.15, -0.1) is 0 Å². The second kappa shape index (κ2) is 13.3. The highest BCUT2D eigenvalue weighted by Crippen LogP contribution is 2.33. The number of hydrogen-bond acceptors (Lipinski definition) is 5. The highest BCUT2D eigenvalue weighted by molar-refractivity contribution is 5.83. The molecular formula is C34H40N4O5. The Bertz CT molecular complexity index is 1410. The molecule has 43 heavy (non-hydrogen) atoms. The molecule has 3 saturated heterocycles. The fraction of sp³-hybridized carbons (Fsp3) is 0.441. The van der Waals surface area contributed by atoms with Gasteiger partial charge in [0.25, 0.3) is 0 Å². The van der Waals surface area contributed by atoms with Crippen molar-refractivity contribution >= 4 is 23.6 Å². The molecule has 0 unspecified atom stereocenters. The summed E-state index contributed by atoms with van der Waals surface area (Å²) in [7, 11) is 0. The number of morpholine rings is 1. The van der Waals surface area contributed by atoms with Crippen LogP contribution in [-0.2, 0) is 14.3 Å². The number of piperidine rings is 2. The minimum atomic E-state index is -0.549. The Labute approximate surface area is 253 Å². The number of carbonyl (C=O) groups excluding carboxylic acids is 3. The number of nitrogens with zero attached hydrogens (tertiary/aromatic N) is 2. The molecule has 0 bridgehead atoms. The number of ether oxygens (including phenoxy) is 2. The molecule has 2 aromatic carbocycles. The van der Waals surface area contributed by atoms with E-state index < -0.39 is 11.7 Å². The van der Waals surface area contributed by atoms with E-state index in [0.717, 1.165) is 36.0 Å². The largest absolute Gasteiger partial charge is 0.444 e. The Morgan fingerprint density at radius 2 is 1.70 bits per heavy atom. The molecule has 3 fully saturated rings. The van der Waals surface area contributed by atoms with Crippen molar-refractivity contribution in [3.05, 3.63) is 76.9 Å². The number of nitrogens with one attached hydrogen (secondary N) is 2. The molecule has 2 N–H and O–H groups in total. The van der Waals surface area contributed by atoms with Gasteiger partial charge in [-0.3, -0.25) is 4.79 Å². The zero-order valence-electron chi connectivity index (χ0n) is 25.2. The lowest BCUT2D eigenvalue weighted by molar-refractivity contribution is -0.139. The summed E-state index contributed by atoms with van der Waals surface area (Å²) in [6.45, 7) is 8.17. The zero-order valence-corrected chi connectivity index (χ0v) is 25.2. The van der Waals surface area contributed by atoms with Gasteiger partial charge in [0.15, 0.2) is 0 Å². The number of rotatable bonds is 3. The molecule has 9 heteroatoms. The molecule has 3 aliphatic heterocycles. The third kappa shape index (κ3) is 7.96. The summed E-state index contributed by atoms with van der Waals surface area (Å²) in [6.07, 6.45) is 1.80. The summed E-state index contributed by atoms with van der Waals surface area (Å²) >= 11 is 0. The highest BCUT2D eigenvalue weighted by atomic mass is 16.6. The van der Waals surface area contributed by atoms with Gasteiger partial charge in [-0.25, -0.2) is 9.59 Å². The molecule has 0 spiro atoms. The Balaban J connectivity index is 1.24. The van der Waals surface area contributed by atoms with Gasteiger partial charge >= 0.3 is 12.1 Å². The van der Waals surface area contributed by atoms with Crippen molar-refractivity contribution < 1.29 is 23.9 Å². The summed E-state index contributed by atoms with van der Waals surface area (Å²) < 4.78 is 10.9. The van der Waals surface area contributed by atoms with Crippen molar-refractivity contribution in [3.8, 4) is 11.8 Å². The summed E-state index contributed by atoms with van der Waals surface area (Å²) in [4.78, 5) is 40.8. The van der Waals surface area contributed by atoms with Crippen LogP contribution in [0.1, 0.15) is 56.7 Å². The molecule has 3 aliphatic rings. The van der Waals surface area contributed by atoms with Gasteiger partial charge in [-0.05, 0) is 68.9 Å². The molecule has 0 saturated carbocycles. The molecule has 0 radical (unpaired) electrons. The van der Waals surface area contributed by atoms with Crippen LogP contribution >= 0.6 is 0 Å². The van der Waals surface area contributed by atoms with Gasteiger partial charge in [0, 0.05) is 31.7 Å². The first-order valence-corrected chi connectivity index (χ1v) is 14.9. The molecule has 0 aliphatic carbocycles. The Morgan fingerprint density at radius 3 is 2.40 bits per heavy atom. The van der Waals surface area contributed by atoms with E-state index in [0.29, 0.717) is 26.2 Å². The van der Waals surface area contributed by atoms with Crippen molar-refractivity contribution in [3.63, 3.8) is 0 Å².